The van der Waals surface area contributed by atoms with Gasteiger partial charge in [-0.25, -0.2) is 0 Å². The van der Waals surface area contributed by atoms with Crippen LogP contribution in [-0.2, 0) is 4.79 Å². The molecule has 0 saturated heterocycles. The van der Waals surface area contributed by atoms with Crippen LogP contribution < -0.4 is 15.8 Å². The van der Waals surface area contributed by atoms with Crippen LogP contribution in [0.25, 0.3) is 0 Å². The van der Waals surface area contributed by atoms with Crippen molar-refractivity contribution in [2.45, 2.75) is 18.9 Å². The van der Waals surface area contributed by atoms with E-state index in [-0.39, 0.29) is 11.9 Å². The van der Waals surface area contributed by atoms with E-state index >= 15 is 0 Å². The van der Waals surface area contributed by atoms with Crippen LogP contribution in [0, 0.1) is 0 Å². The Morgan fingerprint density at radius 1 is 1.17 bits per heavy atom. The van der Waals surface area contributed by atoms with Crippen LogP contribution in [-0.4, -0.2) is 19.6 Å². The number of rotatable bonds is 7. The Labute approximate surface area is 141 Å². The molecule has 0 bridgehead atoms. The van der Waals surface area contributed by atoms with Gasteiger partial charge in [0.15, 0.2) is 0 Å². The summed E-state index contributed by atoms with van der Waals surface area (Å²) < 4.78 is 5.44. The zero-order chi connectivity index (χ0) is 16.7. The van der Waals surface area contributed by atoms with Gasteiger partial charge in [0.2, 0.25) is 5.91 Å². The molecule has 0 fully saturated rings. The Morgan fingerprint density at radius 2 is 1.83 bits per heavy atom. The topological polar surface area (TPSA) is 64.3 Å². The lowest BCUT2D eigenvalue weighted by Crippen LogP contribution is -2.30. The van der Waals surface area contributed by atoms with Gasteiger partial charge in [-0.1, -0.05) is 48.0 Å². The molecule has 23 heavy (non-hydrogen) atoms. The molecule has 1 atom stereocenters. The minimum absolute atomic E-state index is 0.0636. The summed E-state index contributed by atoms with van der Waals surface area (Å²) in [5, 5.41) is 3.64. The van der Waals surface area contributed by atoms with Gasteiger partial charge in [-0.3, -0.25) is 4.79 Å². The average Bonchev–Trinajstić information content (AvgIpc) is 2.58. The van der Waals surface area contributed by atoms with Crippen molar-refractivity contribution in [3.8, 4) is 5.75 Å². The second-order valence-corrected chi connectivity index (χ2v) is 5.56. The van der Waals surface area contributed by atoms with Crippen LogP contribution in [0.1, 0.15) is 30.0 Å². The van der Waals surface area contributed by atoms with E-state index in [9.17, 15) is 4.79 Å². The number of amides is 1. The van der Waals surface area contributed by atoms with E-state index in [1.54, 1.807) is 7.11 Å². The average molecular weight is 333 g/mol. The van der Waals surface area contributed by atoms with Gasteiger partial charge < -0.3 is 15.8 Å². The second kappa shape index (κ2) is 8.56. The second-order valence-electron chi connectivity index (χ2n) is 5.16. The van der Waals surface area contributed by atoms with Gasteiger partial charge >= 0.3 is 0 Å². The Hall–Kier alpha value is -2.04. The van der Waals surface area contributed by atoms with Crippen molar-refractivity contribution in [3.63, 3.8) is 0 Å². The molecule has 0 aromatic heterocycles. The highest BCUT2D eigenvalue weighted by Gasteiger charge is 2.22. The first-order valence-corrected chi connectivity index (χ1v) is 7.92. The van der Waals surface area contributed by atoms with Crippen molar-refractivity contribution in [2.75, 3.05) is 13.7 Å². The molecule has 2 aromatic carbocycles. The Morgan fingerprint density at radius 3 is 2.48 bits per heavy atom. The molecule has 0 aliphatic heterocycles. The largest absolute Gasteiger partial charge is 0.496 e. The van der Waals surface area contributed by atoms with Gasteiger partial charge in [-0.2, -0.15) is 0 Å². The Kier molecular flexibility index (Phi) is 6.44. The molecule has 1 amide bonds. The summed E-state index contributed by atoms with van der Waals surface area (Å²) in [6.07, 6.45) is 1.03. The van der Waals surface area contributed by atoms with E-state index in [1.807, 2.05) is 48.5 Å². The SMILES string of the molecule is COc1ccccc1C(NC(=O)CCCN)c1ccccc1Cl. The molecule has 122 valence electrons. The van der Waals surface area contributed by atoms with E-state index < -0.39 is 0 Å². The lowest BCUT2D eigenvalue weighted by Gasteiger charge is -2.23. The van der Waals surface area contributed by atoms with Gasteiger partial charge in [0, 0.05) is 17.0 Å². The van der Waals surface area contributed by atoms with Gasteiger partial charge in [0.25, 0.3) is 0 Å². The molecule has 0 heterocycles. The smallest absolute Gasteiger partial charge is 0.220 e. The summed E-state index contributed by atoms with van der Waals surface area (Å²) in [7, 11) is 1.61. The first-order valence-electron chi connectivity index (χ1n) is 7.54. The molecule has 0 aliphatic carbocycles. The quantitative estimate of drug-likeness (QED) is 0.817. The fraction of sp³-hybridized carbons (Fsp3) is 0.278. The number of halogens is 1. The predicted octanol–water partition coefficient (Wildman–Crippen LogP) is 3.29. The molecule has 0 aliphatic rings. The molecule has 3 N–H and O–H groups in total. The number of hydrogen-bond donors (Lipinski definition) is 2. The van der Waals surface area contributed by atoms with Crippen molar-refractivity contribution in [2.24, 2.45) is 5.73 Å². The highest BCUT2D eigenvalue weighted by atomic mass is 35.5. The maximum Gasteiger partial charge on any atom is 0.220 e. The van der Waals surface area contributed by atoms with E-state index in [1.165, 1.54) is 0 Å². The first-order chi connectivity index (χ1) is 11.2. The molecule has 0 saturated carbocycles. The number of hydrogen-bond acceptors (Lipinski definition) is 3. The predicted molar refractivity (Wildman–Crippen MR) is 92.7 cm³/mol. The van der Waals surface area contributed by atoms with Gasteiger partial charge in [0.05, 0.1) is 13.2 Å². The highest BCUT2D eigenvalue weighted by Crippen LogP contribution is 2.33. The molecular weight excluding hydrogens is 312 g/mol. The van der Waals surface area contributed by atoms with Gasteiger partial charge in [0.1, 0.15) is 5.75 Å². The molecular formula is C18H21ClN2O2. The Balaban J connectivity index is 2.39. The third kappa shape index (κ3) is 4.47. The van der Waals surface area contributed by atoms with E-state index in [0.29, 0.717) is 30.2 Å². The van der Waals surface area contributed by atoms with Crippen molar-refractivity contribution >= 4 is 17.5 Å². The lowest BCUT2D eigenvalue weighted by atomic mass is 9.97. The molecule has 4 nitrogen and oxygen atoms in total. The van der Waals surface area contributed by atoms with Crippen molar-refractivity contribution in [1.82, 2.24) is 5.32 Å². The van der Waals surface area contributed by atoms with E-state index in [0.717, 1.165) is 11.1 Å². The molecule has 1 unspecified atom stereocenters. The fourth-order valence-corrected chi connectivity index (χ4v) is 2.68. The summed E-state index contributed by atoms with van der Waals surface area (Å²) in [6.45, 7) is 0.485. The maximum absolute atomic E-state index is 12.2. The summed E-state index contributed by atoms with van der Waals surface area (Å²) in [5.41, 5.74) is 7.18. The highest BCUT2D eigenvalue weighted by molar-refractivity contribution is 6.31. The van der Waals surface area contributed by atoms with Gasteiger partial charge in [-0.05, 0) is 30.7 Å². The number of methoxy groups -OCH3 is 1. The number of para-hydroxylation sites is 1. The standard InChI is InChI=1S/C18H21ClN2O2/c1-23-16-10-5-3-8-14(16)18(21-17(22)11-6-12-20)13-7-2-4-9-15(13)19/h2-5,7-10,18H,6,11-12,20H2,1H3,(H,21,22). The maximum atomic E-state index is 12.2. The van der Waals surface area contributed by atoms with E-state index in [4.69, 9.17) is 22.1 Å². The number of benzene rings is 2. The zero-order valence-corrected chi connectivity index (χ0v) is 13.8. The number of carbonyl (C=O) groups is 1. The van der Waals surface area contributed by atoms with Crippen molar-refractivity contribution in [1.29, 1.82) is 0 Å². The summed E-state index contributed by atoms with van der Waals surface area (Å²) >= 11 is 6.34. The molecule has 2 aromatic rings. The van der Waals surface area contributed by atoms with Crippen molar-refractivity contribution < 1.29 is 9.53 Å². The van der Waals surface area contributed by atoms with Crippen LogP contribution >= 0.6 is 11.6 Å². The monoisotopic (exact) mass is 332 g/mol. The number of ether oxygens (including phenoxy) is 1. The fourth-order valence-electron chi connectivity index (χ4n) is 2.43. The van der Waals surface area contributed by atoms with Crippen LogP contribution in [0.15, 0.2) is 48.5 Å². The molecule has 0 radical (unpaired) electrons. The van der Waals surface area contributed by atoms with Crippen molar-refractivity contribution in [3.05, 3.63) is 64.7 Å². The third-order valence-electron chi connectivity index (χ3n) is 3.58. The van der Waals surface area contributed by atoms with Gasteiger partial charge in [-0.15, -0.1) is 0 Å². The number of nitrogens with one attached hydrogen (secondary N) is 1. The normalized spacial score (nSPS) is 11.8. The van der Waals surface area contributed by atoms with Crippen LogP contribution in [0.4, 0.5) is 0 Å². The molecule has 5 heteroatoms. The zero-order valence-electron chi connectivity index (χ0n) is 13.1. The Bertz CT molecular complexity index is 661. The first kappa shape index (κ1) is 17.3. The number of carbonyl (C=O) groups excluding carboxylic acids is 1. The summed E-state index contributed by atoms with van der Waals surface area (Å²) in [5.74, 6) is 0.642. The summed E-state index contributed by atoms with van der Waals surface area (Å²) in [6, 6.07) is 14.7. The van der Waals surface area contributed by atoms with E-state index in [2.05, 4.69) is 5.32 Å². The minimum Gasteiger partial charge on any atom is -0.496 e. The number of nitrogens with two attached hydrogens (primary N) is 1. The third-order valence-corrected chi connectivity index (χ3v) is 3.92. The van der Waals surface area contributed by atoms with Crippen LogP contribution in [0.2, 0.25) is 5.02 Å². The van der Waals surface area contributed by atoms with Crippen LogP contribution in [0.5, 0.6) is 5.75 Å². The molecule has 2 rings (SSSR count). The molecule has 0 spiro atoms. The lowest BCUT2D eigenvalue weighted by molar-refractivity contribution is -0.121. The minimum atomic E-state index is -0.370. The summed E-state index contributed by atoms with van der Waals surface area (Å²) in [4.78, 5) is 12.2. The van der Waals surface area contributed by atoms with Crippen LogP contribution in [0.3, 0.4) is 0 Å².